The van der Waals surface area contributed by atoms with Gasteiger partial charge in [-0.2, -0.15) is 0 Å². The third-order valence-corrected chi connectivity index (χ3v) is 15.2. The molecule has 190 valence electrons. The molecule has 4 heteroatoms. The summed E-state index contributed by atoms with van der Waals surface area (Å²) in [7, 11) is 0. The number of alkyl halides is 1. The number of aliphatic carboxylic acids is 1. The summed E-state index contributed by atoms with van der Waals surface area (Å²) in [6.07, 6.45) is 11.4. The number of rotatable bonds is 1. The third-order valence-electron chi connectivity index (χ3n) is 13.0. The molecule has 1 N–H and O–H groups in total. The molecule has 34 heavy (non-hydrogen) atoms. The van der Waals surface area contributed by atoms with E-state index in [-0.39, 0.29) is 38.9 Å². The largest absolute Gasteiger partial charge is 0.481 e. The number of halogens is 1. The number of hydrogen-bond acceptors (Lipinski definition) is 2. The Labute approximate surface area is 220 Å². The van der Waals surface area contributed by atoms with E-state index < -0.39 is 11.4 Å². The van der Waals surface area contributed by atoms with Crippen LogP contribution in [0.15, 0.2) is 11.6 Å². The molecule has 0 unspecified atom stereocenters. The minimum absolute atomic E-state index is 0.0220. The Balaban J connectivity index is 1.62. The van der Waals surface area contributed by atoms with Crippen LogP contribution < -0.4 is 0 Å². The van der Waals surface area contributed by atoms with Gasteiger partial charge in [0.15, 0.2) is 5.78 Å². The number of hydrogen-bond donors (Lipinski definition) is 1. The van der Waals surface area contributed by atoms with Gasteiger partial charge in [0.2, 0.25) is 0 Å². The lowest BCUT2D eigenvalue weighted by Crippen LogP contribution is -2.66. The maximum Gasteiger partial charge on any atom is 0.309 e. The summed E-state index contributed by atoms with van der Waals surface area (Å²) in [6, 6.07) is 0. The molecular formula is C30H45IO3. The lowest BCUT2D eigenvalue weighted by molar-refractivity contribution is -0.184. The van der Waals surface area contributed by atoms with E-state index in [9.17, 15) is 14.7 Å². The van der Waals surface area contributed by atoms with Crippen molar-refractivity contribution in [2.75, 3.05) is 0 Å². The van der Waals surface area contributed by atoms with Crippen LogP contribution >= 0.6 is 22.6 Å². The van der Waals surface area contributed by atoms with Crippen molar-refractivity contribution >= 4 is 34.3 Å². The maximum atomic E-state index is 14.3. The van der Waals surface area contributed by atoms with Crippen molar-refractivity contribution in [2.45, 2.75) is 110 Å². The van der Waals surface area contributed by atoms with E-state index in [1.165, 1.54) is 18.4 Å². The first-order valence-electron chi connectivity index (χ1n) is 13.7. The van der Waals surface area contributed by atoms with Crippen LogP contribution in [0.1, 0.15) is 106 Å². The molecule has 0 aromatic carbocycles. The summed E-state index contributed by atoms with van der Waals surface area (Å²) in [5.74, 6) is 0.551. The van der Waals surface area contributed by atoms with Gasteiger partial charge in [-0.25, -0.2) is 0 Å². The second-order valence-electron chi connectivity index (χ2n) is 14.9. The van der Waals surface area contributed by atoms with Crippen molar-refractivity contribution < 1.29 is 14.7 Å². The molecule has 4 saturated carbocycles. The molecule has 0 aliphatic heterocycles. The third kappa shape index (κ3) is 2.99. The van der Waals surface area contributed by atoms with Gasteiger partial charge in [0.05, 0.1) is 5.41 Å². The molecule has 9 atom stereocenters. The zero-order valence-electron chi connectivity index (χ0n) is 22.4. The summed E-state index contributed by atoms with van der Waals surface area (Å²) >= 11 is 2.67. The molecule has 5 rings (SSSR count). The van der Waals surface area contributed by atoms with Gasteiger partial charge in [0, 0.05) is 9.84 Å². The highest BCUT2D eigenvalue weighted by Gasteiger charge is 2.70. The van der Waals surface area contributed by atoms with E-state index in [0.29, 0.717) is 22.0 Å². The Bertz CT molecular complexity index is 968. The van der Waals surface area contributed by atoms with Crippen molar-refractivity contribution in [2.24, 2.45) is 50.2 Å². The predicted molar refractivity (Wildman–Crippen MR) is 145 cm³/mol. The van der Waals surface area contributed by atoms with Crippen molar-refractivity contribution in [3.8, 4) is 0 Å². The van der Waals surface area contributed by atoms with Crippen LogP contribution in [-0.4, -0.2) is 20.8 Å². The van der Waals surface area contributed by atoms with Gasteiger partial charge in [-0.1, -0.05) is 69.7 Å². The summed E-state index contributed by atoms with van der Waals surface area (Å²) in [5, 5.41) is 10.1. The standard InChI is InChI=1S/C30H45IO3/c1-25(2)21-8-11-30(7)23(28(21,5)10-9-22(25)31)20(32)16-18-19-17-27(4,24(33)34)13-12-26(19,3)14-15-29(18,30)6/h16,19,21-23H,8-15,17H2,1-7H3,(H,33,34)/t19-,21-,22+,23+,26+,27-,28-,29+,30+/m0/s1. The van der Waals surface area contributed by atoms with Crippen molar-refractivity contribution in [3.05, 3.63) is 11.6 Å². The second-order valence-corrected chi connectivity index (χ2v) is 16.4. The van der Waals surface area contributed by atoms with E-state index in [4.69, 9.17) is 0 Å². The number of ketones is 1. The number of carbonyl (C=O) groups is 2. The number of allylic oxidation sites excluding steroid dienone is 2. The molecule has 0 aromatic heterocycles. The minimum atomic E-state index is -0.684. The monoisotopic (exact) mass is 580 g/mol. The van der Waals surface area contributed by atoms with Crippen molar-refractivity contribution in [3.63, 3.8) is 0 Å². The van der Waals surface area contributed by atoms with Gasteiger partial charge in [0.1, 0.15) is 0 Å². The number of fused-ring (bicyclic) bond motifs is 7. The lowest BCUT2D eigenvalue weighted by Gasteiger charge is -2.70. The highest BCUT2D eigenvalue weighted by Crippen LogP contribution is 2.75. The summed E-state index contributed by atoms with van der Waals surface area (Å²) in [6.45, 7) is 16.6. The first kappa shape index (κ1) is 25.3. The van der Waals surface area contributed by atoms with Crippen LogP contribution in [-0.2, 0) is 9.59 Å². The Morgan fingerprint density at radius 3 is 2.24 bits per heavy atom. The Hall–Kier alpha value is -0.390. The summed E-state index contributed by atoms with van der Waals surface area (Å²) in [5.41, 5.74) is 0.975. The molecule has 0 amide bonds. The molecule has 5 aliphatic rings. The highest BCUT2D eigenvalue weighted by molar-refractivity contribution is 14.1. The molecular weight excluding hydrogens is 535 g/mol. The molecule has 3 nitrogen and oxygen atoms in total. The van der Waals surface area contributed by atoms with Gasteiger partial charge >= 0.3 is 5.97 Å². The molecule has 0 spiro atoms. The van der Waals surface area contributed by atoms with Gasteiger partial charge in [-0.3, -0.25) is 9.59 Å². The number of carboxylic acid groups (broad SMARTS) is 1. The topological polar surface area (TPSA) is 54.4 Å². The number of carbonyl (C=O) groups excluding carboxylic acids is 1. The van der Waals surface area contributed by atoms with Crippen LogP contribution in [0.2, 0.25) is 0 Å². The van der Waals surface area contributed by atoms with Crippen molar-refractivity contribution in [1.82, 2.24) is 0 Å². The lowest BCUT2D eigenvalue weighted by atomic mass is 9.33. The van der Waals surface area contributed by atoms with Gasteiger partial charge in [-0.05, 0) is 110 Å². The molecule has 0 heterocycles. The fourth-order valence-corrected chi connectivity index (χ4v) is 11.1. The van der Waals surface area contributed by atoms with E-state index in [2.05, 4.69) is 70.2 Å². The minimum Gasteiger partial charge on any atom is -0.481 e. The molecule has 0 saturated heterocycles. The second kappa shape index (κ2) is 7.34. The fraction of sp³-hybridized carbons (Fsp3) is 0.867. The quantitative estimate of drug-likeness (QED) is 0.254. The summed E-state index contributed by atoms with van der Waals surface area (Å²) < 4.78 is 0.666. The van der Waals surface area contributed by atoms with E-state index in [1.54, 1.807) is 0 Å². The smallest absolute Gasteiger partial charge is 0.309 e. The Morgan fingerprint density at radius 2 is 1.59 bits per heavy atom. The van der Waals surface area contributed by atoms with Crippen LogP contribution in [0.4, 0.5) is 0 Å². The maximum absolute atomic E-state index is 14.3. The molecule has 0 radical (unpaired) electrons. The van der Waals surface area contributed by atoms with E-state index in [0.717, 1.165) is 38.5 Å². The van der Waals surface area contributed by atoms with Gasteiger partial charge in [0.25, 0.3) is 0 Å². The number of carboxylic acids is 1. The van der Waals surface area contributed by atoms with Crippen LogP contribution in [0.25, 0.3) is 0 Å². The van der Waals surface area contributed by atoms with E-state index >= 15 is 0 Å². The zero-order chi connectivity index (χ0) is 25.1. The SMILES string of the molecule is CC1(C)[C@H](I)CC[C@]2(C)[C@H]3C(=O)C=C4[C@@H]5C[C@@](C)(C(=O)O)CC[C@]5(C)CC[C@@]4(C)[C@]3(C)CC[C@@H]12. The average Bonchev–Trinajstić information content (AvgIpc) is 2.73. The van der Waals surface area contributed by atoms with Gasteiger partial charge < -0.3 is 5.11 Å². The fourth-order valence-electron chi connectivity index (χ4n) is 10.3. The molecule has 5 aliphatic carbocycles. The average molecular weight is 581 g/mol. The van der Waals surface area contributed by atoms with Gasteiger partial charge in [-0.15, -0.1) is 0 Å². The summed E-state index contributed by atoms with van der Waals surface area (Å²) in [4.78, 5) is 26.5. The highest BCUT2D eigenvalue weighted by atomic mass is 127. The molecule has 0 aromatic rings. The van der Waals surface area contributed by atoms with Crippen molar-refractivity contribution in [1.29, 1.82) is 0 Å². The zero-order valence-corrected chi connectivity index (χ0v) is 24.5. The van der Waals surface area contributed by atoms with E-state index in [1.807, 2.05) is 6.92 Å². The first-order valence-corrected chi connectivity index (χ1v) is 14.9. The molecule has 4 fully saturated rings. The van der Waals surface area contributed by atoms with Crippen LogP contribution in [0.3, 0.4) is 0 Å². The normalized spacial score (nSPS) is 54.1. The van der Waals surface area contributed by atoms with Crippen LogP contribution in [0, 0.1) is 50.2 Å². The predicted octanol–water partition coefficient (Wildman–Crippen LogP) is 7.86. The Kier molecular flexibility index (Phi) is 5.46. The van der Waals surface area contributed by atoms with Crippen LogP contribution in [0.5, 0.6) is 0 Å². The molecule has 0 bridgehead atoms. The first-order chi connectivity index (χ1) is 15.6. The Morgan fingerprint density at radius 1 is 0.941 bits per heavy atom.